The van der Waals surface area contributed by atoms with E-state index in [4.69, 9.17) is 37.9 Å². The molecule has 0 radical (unpaired) electrons. The van der Waals surface area contributed by atoms with Crippen LogP contribution in [-0.4, -0.2) is 131 Å². The van der Waals surface area contributed by atoms with Crippen LogP contribution in [-0.2, 0) is 42.7 Å². The Hall–Kier alpha value is -1.51. The van der Waals surface area contributed by atoms with Gasteiger partial charge in [0, 0.05) is 19.2 Å². The smallest absolute Gasteiger partial charge is 0.122 e. The summed E-state index contributed by atoms with van der Waals surface area (Å²) >= 11 is 0. The molecule has 0 rings (SSSR count). The molecular weight excluding hydrogens is 462 g/mol. The molecule has 0 atom stereocenters. The molecule has 35 heavy (non-hydrogen) atoms. The number of aldehydes is 1. The predicted octanol–water partition coefficient (Wildman–Crippen LogP) is 1.54. The highest BCUT2D eigenvalue weighted by atomic mass is 16.6. The first kappa shape index (κ1) is 33.5. The van der Waals surface area contributed by atoms with Crippen molar-refractivity contribution in [1.29, 1.82) is 0 Å². The molecule has 12 nitrogen and oxygen atoms in total. The summed E-state index contributed by atoms with van der Waals surface area (Å²) in [5.41, 5.74) is 0. The van der Waals surface area contributed by atoms with Gasteiger partial charge in [-0.25, -0.2) is 0 Å². The van der Waals surface area contributed by atoms with Gasteiger partial charge in [-0.2, -0.15) is 5.11 Å². The molecule has 0 amide bonds. The number of hydrogen-bond acceptors (Lipinski definition) is 11. The van der Waals surface area contributed by atoms with Gasteiger partial charge in [-0.05, 0) is 13.0 Å². The minimum absolute atomic E-state index is 0.414. The van der Waals surface area contributed by atoms with Crippen LogP contribution < -0.4 is 0 Å². The first-order valence-electron chi connectivity index (χ1n) is 12.1. The molecule has 0 bridgehead atoms. The summed E-state index contributed by atoms with van der Waals surface area (Å²) in [5, 5.41) is 9.52. The van der Waals surface area contributed by atoms with Crippen LogP contribution in [0.3, 0.4) is 0 Å². The Balaban J connectivity index is 3.48. The highest BCUT2D eigenvalue weighted by molar-refractivity contribution is 5.49. The number of rotatable bonds is 29. The first-order valence-corrected chi connectivity index (χ1v) is 12.1. The van der Waals surface area contributed by atoms with Gasteiger partial charge in [-0.1, -0.05) is 5.22 Å². The number of ether oxygens (including phenoxy) is 8. The number of nitrogens with zero attached hydrogens (tertiary/aromatic N) is 3. The average molecular weight is 508 g/mol. The molecule has 0 aliphatic heterocycles. The minimum atomic E-state index is 0.414. The van der Waals surface area contributed by atoms with Crippen molar-refractivity contribution in [2.24, 2.45) is 10.3 Å². The van der Waals surface area contributed by atoms with Crippen LogP contribution in [0.25, 0.3) is 0 Å². The second-order valence-corrected chi connectivity index (χ2v) is 6.74. The van der Waals surface area contributed by atoms with Gasteiger partial charge in [0.15, 0.2) is 0 Å². The van der Waals surface area contributed by atoms with Crippen molar-refractivity contribution >= 4 is 6.29 Å². The van der Waals surface area contributed by atoms with Gasteiger partial charge in [0.1, 0.15) is 6.29 Å². The van der Waals surface area contributed by atoms with Crippen molar-refractivity contribution < 1.29 is 42.7 Å². The molecule has 0 aromatic heterocycles. The zero-order valence-corrected chi connectivity index (χ0v) is 21.5. The van der Waals surface area contributed by atoms with E-state index < -0.39 is 0 Å². The van der Waals surface area contributed by atoms with E-state index >= 15 is 0 Å². The second-order valence-electron chi connectivity index (χ2n) is 6.74. The molecular formula is C23H45N3O9. The van der Waals surface area contributed by atoms with Gasteiger partial charge < -0.3 is 42.7 Å². The number of carbonyl (C=O) groups excluding carboxylic acids is 1. The molecule has 0 aromatic carbocycles. The fourth-order valence-corrected chi connectivity index (χ4v) is 2.33. The molecule has 0 unspecified atom stereocenters. The predicted molar refractivity (Wildman–Crippen MR) is 130 cm³/mol. The highest BCUT2D eigenvalue weighted by Gasteiger charge is 1.98. The summed E-state index contributed by atoms with van der Waals surface area (Å²) < 4.78 is 43.0. The third-order valence-electron chi connectivity index (χ3n) is 3.98. The molecule has 0 heterocycles. The van der Waals surface area contributed by atoms with E-state index in [1.165, 1.54) is 0 Å². The van der Waals surface area contributed by atoms with Crippen LogP contribution in [0.1, 0.15) is 13.3 Å². The summed E-state index contributed by atoms with van der Waals surface area (Å²) in [6, 6.07) is 0. The van der Waals surface area contributed by atoms with Crippen molar-refractivity contribution in [3.8, 4) is 0 Å². The zero-order valence-electron chi connectivity index (χ0n) is 21.5. The fourth-order valence-electron chi connectivity index (χ4n) is 2.33. The molecule has 206 valence electrons. The van der Waals surface area contributed by atoms with Gasteiger partial charge in [-0.3, -0.25) is 5.01 Å². The lowest BCUT2D eigenvalue weighted by molar-refractivity contribution is -0.108. The highest BCUT2D eigenvalue weighted by Crippen LogP contribution is 1.94. The Morgan fingerprint density at radius 2 is 1.09 bits per heavy atom. The summed E-state index contributed by atoms with van der Waals surface area (Å²) in [4.78, 5) is 10.1. The van der Waals surface area contributed by atoms with E-state index in [0.29, 0.717) is 119 Å². The minimum Gasteiger partial charge on any atom is -0.379 e. The van der Waals surface area contributed by atoms with Crippen molar-refractivity contribution in [1.82, 2.24) is 5.01 Å². The maximum atomic E-state index is 10.1. The third-order valence-corrected chi connectivity index (χ3v) is 3.98. The molecule has 0 saturated carbocycles. The van der Waals surface area contributed by atoms with E-state index in [1.54, 1.807) is 18.3 Å². The SMILES string of the molecule is CCOCCOCCOCCOCCN(C=CCOCCOCCOCCOCCC=O)N=NC. The van der Waals surface area contributed by atoms with Gasteiger partial charge in [0.2, 0.25) is 0 Å². The summed E-state index contributed by atoms with van der Waals surface area (Å²) in [6.45, 7) is 10.8. The molecule has 0 fully saturated rings. The summed E-state index contributed by atoms with van der Waals surface area (Å²) in [5.74, 6) is 0. The molecule has 0 aliphatic rings. The largest absolute Gasteiger partial charge is 0.379 e. The number of hydrogen-bond donors (Lipinski definition) is 0. The maximum absolute atomic E-state index is 10.1. The monoisotopic (exact) mass is 507 g/mol. The Bertz CT molecular complexity index is 485. The van der Waals surface area contributed by atoms with E-state index in [9.17, 15) is 4.79 Å². The zero-order chi connectivity index (χ0) is 25.5. The van der Waals surface area contributed by atoms with Crippen molar-refractivity contribution in [3.63, 3.8) is 0 Å². The van der Waals surface area contributed by atoms with Gasteiger partial charge in [0.25, 0.3) is 0 Å². The van der Waals surface area contributed by atoms with Crippen LogP contribution in [0.4, 0.5) is 0 Å². The molecule has 0 saturated heterocycles. The Morgan fingerprint density at radius 3 is 1.57 bits per heavy atom. The van der Waals surface area contributed by atoms with E-state index in [-0.39, 0.29) is 0 Å². The average Bonchev–Trinajstić information content (AvgIpc) is 2.87. The van der Waals surface area contributed by atoms with Crippen LogP contribution in [0.5, 0.6) is 0 Å². The third kappa shape index (κ3) is 28.6. The molecule has 12 heteroatoms. The van der Waals surface area contributed by atoms with Gasteiger partial charge in [0.05, 0.1) is 113 Å². The van der Waals surface area contributed by atoms with Crippen LogP contribution in [0.2, 0.25) is 0 Å². The van der Waals surface area contributed by atoms with Gasteiger partial charge >= 0.3 is 0 Å². The fraction of sp³-hybridized carbons (Fsp3) is 0.870. The summed E-state index contributed by atoms with van der Waals surface area (Å²) in [7, 11) is 1.62. The van der Waals surface area contributed by atoms with Crippen LogP contribution in [0.15, 0.2) is 22.6 Å². The quantitative estimate of drug-likeness (QED) is 0.0638. The Morgan fingerprint density at radius 1 is 0.629 bits per heavy atom. The van der Waals surface area contributed by atoms with E-state index in [0.717, 1.165) is 6.29 Å². The van der Waals surface area contributed by atoms with E-state index in [2.05, 4.69) is 10.3 Å². The van der Waals surface area contributed by atoms with Crippen molar-refractivity contribution in [3.05, 3.63) is 12.3 Å². The summed E-state index contributed by atoms with van der Waals surface area (Å²) in [6.07, 6.45) is 4.91. The van der Waals surface area contributed by atoms with Crippen LogP contribution in [0, 0.1) is 0 Å². The number of carbonyl (C=O) groups is 1. The molecule has 0 spiro atoms. The van der Waals surface area contributed by atoms with Crippen LogP contribution >= 0.6 is 0 Å². The second kappa shape index (κ2) is 30.5. The topological polar surface area (TPSA) is 119 Å². The van der Waals surface area contributed by atoms with Crippen molar-refractivity contribution in [2.75, 3.05) is 119 Å². The molecule has 0 N–H and O–H groups in total. The standard InChI is InChI=1S/C23H45N3O9/c1-3-28-12-13-32-20-21-35-19-16-31-11-7-26(25-24-2)6-4-9-29-14-17-33-22-23-34-18-15-30-10-5-8-27/h4,6,8H,3,5,7,9-23H2,1-2H3. The Labute approximate surface area is 209 Å². The van der Waals surface area contributed by atoms with Crippen molar-refractivity contribution in [2.45, 2.75) is 13.3 Å². The maximum Gasteiger partial charge on any atom is 0.122 e. The normalized spacial score (nSPS) is 11.7. The lowest BCUT2D eigenvalue weighted by Gasteiger charge is -2.13. The lowest BCUT2D eigenvalue weighted by atomic mass is 10.5. The first-order chi connectivity index (χ1) is 17.3. The molecule has 0 aromatic rings. The Kier molecular flexibility index (Phi) is 29.2. The molecule has 0 aliphatic carbocycles. The lowest BCUT2D eigenvalue weighted by Crippen LogP contribution is -2.18. The van der Waals surface area contributed by atoms with E-state index in [1.807, 2.05) is 13.0 Å². The van der Waals surface area contributed by atoms with Gasteiger partial charge in [-0.15, -0.1) is 0 Å².